The summed E-state index contributed by atoms with van der Waals surface area (Å²) >= 11 is 3.30. The summed E-state index contributed by atoms with van der Waals surface area (Å²) in [5.74, 6) is 0.455. The minimum Gasteiger partial charge on any atom is -0.396 e. The van der Waals surface area contributed by atoms with Crippen LogP contribution in [0.2, 0.25) is 0 Å². The van der Waals surface area contributed by atoms with E-state index in [1.165, 1.54) is 12.8 Å². The van der Waals surface area contributed by atoms with Crippen LogP contribution in [0.3, 0.4) is 0 Å². The predicted octanol–water partition coefficient (Wildman–Crippen LogP) is 1.65. The van der Waals surface area contributed by atoms with Crippen LogP contribution < -0.4 is 5.32 Å². The van der Waals surface area contributed by atoms with Gasteiger partial charge in [-0.3, -0.25) is 0 Å². The quantitative estimate of drug-likeness (QED) is 0.775. The van der Waals surface area contributed by atoms with Crippen LogP contribution in [-0.4, -0.2) is 24.3 Å². The van der Waals surface area contributed by atoms with Crippen molar-refractivity contribution in [2.24, 2.45) is 5.92 Å². The van der Waals surface area contributed by atoms with Crippen molar-refractivity contribution < 1.29 is 5.11 Å². The van der Waals surface area contributed by atoms with Crippen molar-refractivity contribution in [3.05, 3.63) is 11.1 Å². The molecule has 0 radical (unpaired) electrons. The van der Waals surface area contributed by atoms with Crippen LogP contribution in [-0.2, 0) is 0 Å². The second-order valence-corrected chi connectivity index (χ2v) is 4.50. The molecule has 0 spiro atoms. The average Bonchev–Trinajstić information content (AvgIpc) is 2.47. The normalized spacial score (nSPS) is 29.2. The zero-order valence-corrected chi connectivity index (χ0v) is 8.81. The first-order chi connectivity index (χ1) is 5.74. The molecule has 0 bridgehead atoms. The van der Waals surface area contributed by atoms with E-state index in [9.17, 15) is 0 Å². The summed E-state index contributed by atoms with van der Waals surface area (Å²) in [6, 6.07) is 0.490. The molecule has 1 aliphatic rings. The number of aliphatic hydroxyl groups is 1. The molecule has 0 aromatic rings. The molecule has 1 aliphatic carbocycles. The Morgan fingerprint density at radius 3 is 2.92 bits per heavy atom. The molecule has 0 aromatic carbocycles. The second kappa shape index (κ2) is 5.00. The summed E-state index contributed by atoms with van der Waals surface area (Å²) in [5, 5.41) is 12.4. The molecule has 2 atom stereocenters. The van der Waals surface area contributed by atoms with Gasteiger partial charge in [0.25, 0.3) is 0 Å². The van der Waals surface area contributed by atoms with Crippen molar-refractivity contribution in [2.75, 3.05) is 13.2 Å². The Bertz CT molecular complexity index is 161. The Labute approximate surface area is 82.2 Å². The average molecular weight is 234 g/mol. The number of halogens is 1. The van der Waals surface area contributed by atoms with Gasteiger partial charge >= 0.3 is 0 Å². The second-order valence-electron chi connectivity index (χ2n) is 3.38. The highest BCUT2D eigenvalue weighted by Gasteiger charge is 2.25. The molecule has 1 fully saturated rings. The first-order valence-electron chi connectivity index (χ1n) is 4.41. The number of aliphatic hydroxyl groups excluding tert-OH is 1. The topological polar surface area (TPSA) is 32.3 Å². The van der Waals surface area contributed by atoms with Gasteiger partial charge in [0.2, 0.25) is 0 Å². The fraction of sp³-hybridized carbons (Fsp3) is 0.778. The van der Waals surface area contributed by atoms with Gasteiger partial charge < -0.3 is 10.4 Å². The molecule has 0 heterocycles. The highest BCUT2D eigenvalue weighted by atomic mass is 79.9. The first-order valence-corrected chi connectivity index (χ1v) is 5.21. The molecule has 0 amide bonds. The van der Waals surface area contributed by atoms with Crippen LogP contribution in [0.5, 0.6) is 0 Å². The van der Waals surface area contributed by atoms with Gasteiger partial charge in [-0.05, 0) is 18.8 Å². The van der Waals surface area contributed by atoms with Gasteiger partial charge in [-0.15, -0.1) is 0 Å². The molecule has 3 heteroatoms. The molecule has 0 aliphatic heterocycles. The van der Waals surface area contributed by atoms with Gasteiger partial charge in [0, 0.05) is 23.7 Å². The predicted molar refractivity (Wildman–Crippen MR) is 54.3 cm³/mol. The maximum atomic E-state index is 9.03. The fourth-order valence-electron chi connectivity index (χ4n) is 1.77. The highest BCUT2D eigenvalue weighted by molar-refractivity contribution is 9.11. The summed E-state index contributed by atoms with van der Waals surface area (Å²) in [4.78, 5) is 0. The van der Waals surface area contributed by atoms with E-state index in [0.717, 1.165) is 17.4 Å². The molecule has 2 unspecified atom stereocenters. The maximum Gasteiger partial charge on any atom is 0.0474 e. The SMILES string of the molecule is C=C(Br)CNC1CCCC1CO. The van der Waals surface area contributed by atoms with Crippen LogP contribution in [0, 0.1) is 5.92 Å². The summed E-state index contributed by atoms with van der Waals surface area (Å²) < 4.78 is 0.978. The Morgan fingerprint density at radius 1 is 1.58 bits per heavy atom. The van der Waals surface area contributed by atoms with E-state index in [1.807, 2.05) is 0 Å². The van der Waals surface area contributed by atoms with Crippen LogP contribution in [0.15, 0.2) is 11.1 Å². The van der Waals surface area contributed by atoms with E-state index in [0.29, 0.717) is 18.6 Å². The Kier molecular flexibility index (Phi) is 4.26. The summed E-state index contributed by atoms with van der Waals surface area (Å²) in [6.45, 7) is 4.88. The standard InChI is InChI=1S/C9H16BrNO/c1-7(10)5-11-9-4-2-3-8(9)6-12/h8-9,11-12H,1-6H2. The van der Waals surface area contributed by atoms with Crippen molar-refractivity contribution >= 4 is 15.9 Å². The molecule has 1 saturated carbocycles. The molecule has 12 heavy (non-hydrogen) atoms. The molecular formula is C9H16BrNO. The first kappa shape index (κ1) is 10.2. The molecule has 70 valence electrons. The van der Waals surface area contributed by atoms with E-state index in [2.05, 4.69) is 27.8 Å². The number of hydrogen-bond donors (Lipinski definition) is 2. The zero-order valence-electron chi connectivity index (χ0n) is 7.22. The lowest BCUT2D eigenvalue weighted by molar-refractivity contribution is 0.207. The summed E-state index contributed by atoms with van der Waals surface area (Å²) in [6.07, 6.45) is 3.58. The van der Waals surface area contributed by atoms with Gasteiger partial charge in [0.1, 0.15) is 0 Å². The van der Waals surface area contributed by atoms with Crippen molar-refractivity contribution in [2.45, 2.75) is 25.3 Å². The van der Waals surface area contributed by atoms with Crippen molar-refractivity contribution in [1.82, 2.24) is 5.32 Å². The smallest absolute Gasteiger partial charge is 0.0474 e. The van der Waals surface area contributed by atoms with E-state index < -0.39 is 0 Å². The van der Waals surface area contributed by atoms with Gasteiger partial charge in [0.05, 0.1) is 0 Å². The van der Waals surface area contributed by atoms with Gasteiger partial charge in [-0.1, -0.05) is 28.9 Å². The van der Waals surface area contributed by atoms with Gasteiger partial charge in [-0.25, -0.2) is 0 Å². The van der Waals surface area contributed by atoms with E-state index in [-0.39, 0.29) is 0 Å². The van der Waals surface area contributed by atoms with Gasteiger partial charge in [-0.2, -0.15) is 0 Å². The lowest BCUT2D eigenvalue weighted by Gasteiger charge is -2.18. The fourth-order valence-corrected chi connectivity index (χ4v) is 1.93. The van der Waals surface area contributed by atoms with Crippen LogP contribution in [0.1, 0.15) is 19.3 Å². The molecule has 0 saturated heterocycles. The zero-order chi connectivity index (χ0) is 8.97. The number of rotatable bonds is 4. The lowest BCUT2D eigenvalue weighted by Crippen LogP contribution is -2.34. The van der Waals surface area contributed by atoms with Crippen LogP contribution >= 0.6 is 15.9 Å². The van der Waals surface area contributed by atoms with Crippen molar-refractivity contribution in [3.8, 4) is 0 Å². The summed E-state index contributed by atoms with van der Waals surface area (Å²) in [7, 11) is 0. The monoisotopic (exact) mass is 233 g/mol. The number of nitrogens with one attached hydrogen (secondary N) is 1. The lowest BCUT2D eigenvalue weighted by atomic mass is 10.1. The van der Waals surface area contributed by atoms with E-state index in [4.69, 9.17) is 5.11 Å². The largest absolute Gasteiger partial charge is 0.396 e. The van der Waals surface area contributed by atoms with Crippen LogP contribution in [0.25, 0.3) is 0 Å². The third-order valence-corrected chi connectivity index (χ3v) is 2.73. The van der Waals surface area contributed by atoms with Crippen molar-refractivity contribution in [1.29, 1.82) is 0 Å². The molecule has 1 rings (SSSR count). The molecular weight excluding hydrogens is 218 g/mol. The van der Waals surface area contributed by atoms with E-state index in [1.54, 1.807) is 0 Å². The van der Waals surface area contributed by atoms with Gasteiger partial charge in [0.15, 0.2) is 0 Å². The Balaban J connectivity index is 2.26. The molecule has 2 nitrogen and oxygen atoms in total. The molecule has 2 N–H and O–H groups in total. The minimum atomic E-state index is 0.312. The van der Waals surface area contributed by atoms with E-state index >= 15 is 0 Å². The third kappa shape index (κ3) is 2.88. The third-order valence-electron chi connectivity index (χ3n) is 2.45. The number of hydrogen-bond acceptors (Lipinski definition) is 2. The highest BCUT2D eigenvalue weighted by Crippen LogP contribution is 2.25. The maximum absolute atomic E-state index is 9.03. The van der Waals surface area contributed by atoms with Crippen molar-refractivity contribution in [3.63, 3.8) is 0 Å². The minimum absolute atomic E-state index is 0.312. The Hall–Kier alpha value is 0.140. The Morgan fingerprint density at radius 2 is 2.33 bits per heavy atom. The van der Waals surface area contributed by atoms with Crippen LogP contribution in [0.4, 0.5) is 0 Å². The molecule has 0 aromatic heterocycles. The summed E-state index contributed by atoms with van der Waals surface area (Å²) in [5.41, 5.74) is 0.